The second-order valence-corrected chi connectivity index (χ2v) is 7.85. The second kappa shape index (κ2) is 14.7. The minimum absolute atomic E-state index is 1.11. The first kappa shape index (κ1) is 23.0. The van der Waals surface area contributed by atoms with Crippen LogP contribution in [-0.2, 0) is 0 Å². The fourth-order valence-corrected chi connectivity index (χ4v) is 3.57. The van der Waals surface area contributed by atoms with Crippen LogP contribution in [0.5, 0.6) is 0 Å². The normalized spacial score (nSPS) is 10.4. The molecule has 0 radical (unpaired) electrons. The minimum Gasteiger partial charge on any atom is -0.355 e. The summed E-state index contributed by atoms with van der Waals surface area (Å²) in [5.74, 6) is 0. The molecule has 0 aromatic heterocycles. The van der Waals surface area contributed by atoms with Crippen LogP contribution < -0.4 is 5.32 Å². The number of hydrogen-bond donors (Lipinski definition) is 1. The predicted molar refractivity (Wildman–Crippen MR) is 131 cm³/mol. The largest absolute Gasteiger partial charge is 0.355 e. The Morgan fingerprint density at radius 2 is 1.03 bits per heavy atom. The van der Waals surface area contributed by atoms with Crippen LogP contribution in [0.15, 0.2) is 72.8 Å². The highest BCUT2D eigenvalue weighted by molar-refractivity contribution is 5.95. The number of benzene rings is 3. The molecule has 156 valence electrons. The number of rotatable bonds is 11. The molecule has 0 fully saturated rings. The zero-order valence-corrected chi connectivity index (χ0v) is 18.5. The van der Waals surface area contributed by atoms with Crippen LogP contribution >= 0.6 is 0 Å². The highest BCUT2D eigenvalue weighted by Gasteiger charge is 1.99. The van der Waals surface area contributed by atoms with Gasteiger partial charge in [0, 0.05) is 16.8 Å². The molecule has 0 aliphatic heterocycles. The Hall–Kier alpha value is -2.28. The van der Waals surface area contributed by atoms with Gasteiger partial charge in [0.1, 0.15) is 0 Å². The Morgan fingerprint density at radius 1 is 0.517 bits per heavy atom. The summed E-state index contributed by atoms with van der Waals surface area (Å²) in [5.41, 5.74) is 2.26. The van der Waals surface area contributed by atoms with Crippen molar-refractivity contribution in [3.63, 3.8) is 0 Å². The first-order valence-corrected chi connectivity index (χ1v) is 11.6. The van der Waals surface area contributed by atoms with E-state index >= 15 is 0 Å². The molecule has 0 atom stereocenters. The van der Waals surface area contributed by atoms with Crippen molar-refractivity contribution < 1.29 is 0 Å². The van der Waals surface area contributed by atoms with Crippen LogP contribution in [0.2, 0.25) is 0 Å². The summed E-state index contributed by atoms with van der Waals surface area (Å²) in [5, 5.41) is 5.95. The van der Waals surface area contributed by atoms with Gasteiger partial charge in [-0.15, -0.1) is 0 Å². The van der Waals surface area contributed by atoms with E-state index in [0.29, 0.717) is 0 Å². The Balaban J connectivity index is 0.000000223. The van der Waals surface area contributed by atoms with Gasteiger partial charge in [0.25, 0.3) is 0 Å². The molecule has 0 spiro atoms. The maximum atomic E-state index is 3.45. The van der Waals surface area contributed by atoms with E-state index in [-0.39, 0.29) is 0 Å². The molecule has 3 aromatic carbocycles. The summed E-state index contributed by atoms with van der Waals surface area (Å²) in [6, 6.07) is 25.0. The van der Waals surface area contributed by atoms with E-state index in [4.69, 9.17) is 0 Å². The molecule has 29 heavy (non-hydrogen) atoms. The van der Waals surface area contributed by atoms with E-state index in [1.807, 2.05) is 18.2 Å². The van der Waals surface area contributed by atoms with Crippen molar-refractivity contribution in [2.45, 2.75) is 78.1 Å². The van der Waals surface area contributed by atoms with E-state index in [9.17, 15) is 0 Å². The Morgan fingerprint density at radius 3 is 1.66 bits per heavy atom. The van der Waals surface area contributed by atoms with Gasteiger partial charge in [0.2, 0.25) is 0 Å². The molecule has 0 heterocycles. The summed E-state index contributed by atoms with van der Waals surface area (Å²) >= 11 is 0. The summed E-state index contributed by atoms with van der Waals surface area (Å²) in [4.78, 5) is 0. The van der Waals surface area contributed by atoms with Crippen LogP contribution in [0.4, 0.5) is 11.4 Å². The second-order valence-electron chi connectivity index (χ2n) is 7.85. The van der Waals surface area contributed by atoms with Gasteiger partial charge in [0.15, 0.2) is 0 Å². The third-order valence-corrected chi connectivity index (χ3v) is 5.30. The molecule has 0 saturated heterocycles. The molecule has 1 N–H and O–H groups in total. The number of para-hydroxylation sites is 1. The monoisotopic (exact) mass is 389 g/mol. The predicted octanol–water partition coefficient (Wildman–Crippen LogP) is 9.51. The van der Waals surface area contributed by atoms with Crippen LogP contribution in [0.3, 0.4) is 0 Å². The van der Waals surface area contributed by atoms with E-state index in [1.54, 1.807) is 0 Å². The highest BCUT2D eigenvalue weighted by atomic mass is 14.9. The highest BCUT2D eigenvalue weighted by Crippen LogP contribution is 2.25. The van der Waals surface area contributed by atoms with Crippen LogP contribution in [-0.4, -0.2) is 0 Å². The van der Waals surface area contributed by atoms with Gasteiger partial charge in [-0.05, 0) is 23.6 Å². The van der Waals surface area contributed by atoms with Gasteiger partial charge in [-0.25, -0.2) is 0 Å². The Kier molecular flexibility index (Phi) is 11.6. The molecule has 3 rings (SSSR count). The molecule has 0 aliphatic rings. The van der Waals surface area contributed by atoms with E-state index in [0.717, 1.165) is 11.4 Å². The Labute approximate surface area is 178 Å². The fraction of sp³-hybridized carbons (Fsp3) is 0.429. The molecular formula is C28H39N. The first-order chi connectivity index (χ1) is 14.3. The molecule has 0 bridgehead atoms. The van der Waals surface area contributed by atoms with Crippen LogP contribution in [0, 0.1) is 0 Å². The summed E-state index contributed by atoms with van der Waals surface area (Å²) in [6.07, 6.45) is 14.4. The molecular weight excluding hydrogens is 350 g/mol. The molecule has 0 saturated carbocycles. The quantitative estimate of drug-likeness (QED) is 0.322. The number of unbranched alkanes of at least 4 members (excludes halogenated alkanes) is 9. The van der Waals surface area contributed by atoms with Gasteiger partial charge in [-0.2, -0.15) is 0 Å². The lowest BCUT2D eigenvalue weighted by atomic mass is 10.1. The topological polar surface area (TPSA) is 12.0 Å². The molecule has 0 unspecified atom stereocenters. The number of anilines is 2. The molecule has 1 nitrogen and oxygen atoms in total. The smallest absolute Gasteiger partial charge is 0.0463 e. The lowest BCUT2D eigenvalue weighted by Gasteiger charge is -2.09. The Bertz CT molecular complexity index is 763. The van der Waals surface area contributed by atoms with Crippen LogP contribution in [0.25, 0.3) is 10.8 Å². The van der Waals surface area contributed by atoms with Crippen molar-refractivity contribution >= 4 is 22.1 Å². The maximum absolute atomic E-state index is 3.45. The summed E-state index contributed by atoms with van der Waals surface area (Å²) in [7, 11) is 0. The zero-order chi connectivity index (χ0) is 20.6. The van der Waals surface area contributed by atoms with Gasteiger partial charge >= 0.3 is 0 Å². The van der Waals surface area contributed by atoms with Crippen molar-refractivity contribution in [2.75, 3.05) is 5.32 Å². The van der Waals surface area contributed by atoms with Crippen molar-refractivity contribution in [3.8, 4) is 0 Å². The van der Waals surface area contributed by atoms with Crippen molar-refractivity contribution in [1.29, 1.82) is 0 Å². The average Bonchev–Trinajstić information content (AvgIpc) is 2.77. The fourth-order valence-electron chi connectivity index (χ4n) is 3.57. The molecule has 0 aliphatic carbocycles. The standard InChI is InChI=1S/C16H13N.C12H26/c1-2-9-14(10-3-1)17-16-12-6-8-13-7-4-5-11-15(13)16;1-3-5-7-9-11-12-10-8-6-4-2/h1-12,17H;3-12H2,1-2H3. The van der Waals surface area contributed by atoms with Gasteiger partial charge in [-0.1, -0.05) is 133 Å². The lowest BCUT2D eigenvalue weighted by molar-refractivity contribution is 0.562. The molecule has 1 heteroatoms. The summed E-state index contributed by atoms with van der Waals surface area (Å²) in [6.45, 7) is 4.56. The third kappa shape index (κ3) is 9.17. The number of nitrogens with one attached hydrogen (secondary N) is 1. The zero-order valence-electron chi connectivity index (χ0n) is 18.5. The average molecular weight is 390 g/mol. The number of fused-ring (bicyclic) bond motifs is 1. The SMILES string of the molecule is CCCCCCCCCCCC.c1ccc(Nc2cccc3ccccc23)cc1. The maximum Gasteiger partial charge on any atom is 0.0463 e. The van der Waals surface area contributed by atoms with Gasteiger partial charge in [0.05, 0.1) is 0 Å². The number of hydrogen-bond acceptors (Lipinski definition) is 1. The summed E-state index contributed by atoms with van der Waals surface area (Å²) < 4.78 is 0. The minimum atomic E-state index is 1.11. The van der Waals surface area contributed by atoms with E-state index < -0.39 is 0 Å². The van der Waals surface area contributed by atoms with E-state index in [2.05, 4.69) is 73.8 Å². The third-order valence-electron chi connectivity index (χ3n) is 5.30. The van der Waals surface area contributed by atoms with Crippen molar-refractivity contribution in [2.24, 2.45) is 0 Å². The van der Waals surface area contributed by atoms with Crippen molar-refractivity contribution in [1.82, 2.24) is 0 Å². The molecule has 0 amide bonds. The van der Waals surface area contributed by atoms with Crippen LogP contribution in [0.1, 0.15) is 78.1 Å². The van der Waals surface area contributed by atoms with E-state index in [1.165, 1.54) is 75.0 Å². The lowest BCUT2D eigenvalue weighted by Crippen LogP contribution is -1.90. The van der Waals surface area contributed by atoms with Gasteiger partial charge < -0.3 is 5.32 Å². The van der Waals surface area contributed by atoms with Gasteiger partial charge in [-0.3, -0.25) is 0 Å². The molecule has 3 aromatic rings. The van der Waals surface area contributed by atoms with Crippen molar-refractivity contribution in [3.05, 3.63) is 72.8 Å². The first-order valence-electron chi connectivity index (χ1n) is 11.6.